The Morgan fingerprint density at radius 1 is 1.23 bits per heavy atom. The minimum atomic E-state index is -1.07. The largest absolute Gasteiger partial charge is 0.309 e. The summed E-state index contributed by atoms with van der Waals surface area (Å²) in [4.78, 5) is 27.9. The van der Waals surface area contributed by atoms with E-state index in [9.17, 15) is 18.4 Å². The van der Waals surface area contributed by atoms with E-state index in [2.05, 4.69) is 10.3 Å². The summed E-state index contributed by atoms with van der Waals surface area (Å²) in [5.41, 5.74) is 1.72. The number of hydrogen-bond acceptors (Lipinski definition) is 3. The Hall–Kier alpha value is -3.09. The topological polar surface area (TPSA) is 63.5 Å². The maximum absolute atomic E-state index is 14.0. The van der Waals surface area contributed by atoms with E-state index in [1.165, 1.54) is 13.0 Å². The van der Waals surface area contributed by atoms with Gasteiger partial charge in [0.15, 0.2) is 11.6 Å². The molecular weight excluding hydrogens is 340 g/mol. The van der Waals surface area contributed by atoms with Crippen LogP contribution in [0.3, 0.4) is 0 Å². The zero-order valence-corrected chi connectivity index (χ0v) is 13.9. The van der Waals surface area contributed by atoms with E-state index in [1.54, 1.807) is 41.1 Å². The molecule has 1 amide bonds. The molecule has 2 aromatic heterocycles. The smallest absolute Gasteiger partial charge is 0.231 e. The Bertz CT molecular complexity index is 1040. The Balaban J connectivity index is 1.69. The Labute approximate surface area is 147 Å². The van der Waals surface area contributed by atoms with Gasteiger partial charge in [0.05, 0.1) is 17.7 Å². The Morgan fingerprint density at radius 2 is 2.00 bits per heavy atom. The number of halogens is 2. The van der Waals surface area contributed by atoms with Crippen LogP contribution in [-0.4, -0.2) is 27.2 Å². The number of ketones is 1. The van der Waals surface area contributed by atoms with Crippen molar-refractivity contribution in [2.24, 2.45) is 5.92 Å². The molecule has 0 aliphatic heterocycles. The molecule has 132 valence electrons. The molecule has 2 atom stereocenters. The molecule has 7 heteroatoms. The normalized spacial score (nSPS) is 18.7. The van der Waals surface area contributed by atoms with Crippen LogP contribution < -0.4 is 5.32 Å². The molecule has 1 saturated carbocycles. The summed E-state index contributed by atoms with van der Waals surface area (Å²) < 4.78 is 28.7. The van der Waals surface area contributed by atoms with Crippen molar-refractivity contribution in [1.29, 1.82) is 0 Å². The van der Waals surface area contributed by atoms with E-state index < -0.39 is 17.9 Å². The maximum Gasteiger partial charge on any atom is 0.231 e. The number of benzene rings is 1. The standard InChI is InChI=1S/C19H15F2N3O2/c1-10(25)18-12(3-2-4-14(18)20)11-5-6-17-22-16(9-24(17)8-11)23-19(26)13-7-15(13)21/h2-6,8-9,13,15H,7H2,1H3,(H,23,26)/t13-,15+/m1/s1. The fourth-order valence-corrected chi connectivity index (χ4v) is 2.99. The van der Waals surface area contributed by atoms with Crippen LogP contribution in [0.15, 0.2) is 42.7 Å². The monoisotopic (exact) mass is 355 g/mol. The summed E-state index contributed by atoms with van der Waals surface area (Å²) in [6.45, 7) is 1.32. The van der Waals surface area contributed by atoms with Crippen LogP contribution >= 0.6 is 0 Å². The molecule has 1 fully saturated rings. The number of nitrogens with one attached hydrogen (secondary N) is 1. The zero-order chi connectivity index (χ0) is 18.4. The summed E-state index contributed by atoms with van der Waals surface area (Å²) in [5, 5.41) is 2.60. The number of hydrogen-bond donors (Lipinski definition) is 1. The second kappa shape index (κ2) is 6.01. The van der Waals surface area contributed by atoms with Crippen molar-refractivity contribution in [3.8, 4) is 11.1 Å². The predicted octanol–water partition coefficient (Wildman–Crippen LogP) is 3.64. The number of alkyl halides is 1. The summed E-state index contributed by atoms with van der Waals surface area (Å²) in [7, 11) is 0. The van der Waals surface area contributed by atoms with Crippen LogP contribution in [0.5, 0.6) is 0 Å². The van der Waals surface area contributed by atoms with Crippen LogP contribution in [0.25, 0.3) is 16.8 Å². The number of pyridine rings is 1. The van der Waals surface area contributed by atoms with Crippen molar-refractivity contribution in [3.63, 3.8) is 0 Å². The van der Waals surface area contributed by atoms with Crippen LogP contribution in [0.1, 0.15) is 23.7 Å². The molecule has 0 unspecified atom stereocenters. The van der Waals surface area contributed by atoms with Crippen molar-refractivity contribution in [3.05, 3.63) is 54.1 Å². The lowest BCUT2D eigenvalue weighted by molar-refractivity contribution is -0.117. The summed E-state index contributed by atoms with van der Waals surface area (Å²) in [6, 6.07) is 7.90. The van der Waals surface area contributed by atoms with Crippen molar-refractivity contribution in [2.75, 3.05) is 5.32 Å². The number of fused-ring (bicyclic) bond motifs is 1. The van der Waals surface area contributed by atoms with Gasteiger partial charge in [-0.15, -0.1) is 0 Å². The predicted molar refractivity (Wildman–Crippen MR) is 92.2 cm³/mol. The van der Waals surface area contributed by atoms with Crippen LogP contribution in [0.2, 0.25) is 0 Å². The molecule has 1 aliphatic carbocycles. The van der Waals surface area contributed by atoms with Crippen molar-refractivity contribution < 1.29 is 18.4 Å². The van der Waals surface area contributed by atoms with Gasteiger partial charge in [-0.25, -0.2) is 13.8 Å². The highest BCUT2D eigenvalue weighted by Crippen LogP contribution is 2.34. The molecule has 1 aliphatic rings. The molecule has 4 rings (SSSR count). The van der Waals surface area contributed by atoms with Gasteiger partial charge >= 0.3 is 0 Å². The number of imidazole rings is 1. The van der Waals surface area contributed by atoms with Crippen molar-refractivity contribution in [1.82, 2.24) is 9.38 Å². The molecule has 0 saturated heterocycles. The van der Waals surface area contributed by atoms with Gasteiger partial charge in [-0.1, -0.05) is 12.1 Å². The number of carbonyl (C=O) groups excluding carboxylic acids is 2. The highest BCUT2D eigenvalue weighted by Gasteiger charge is 2.43. The van der Waals surface area contributed by atoms with Crippen LogP contribution in [-0.2, 0) is 4.79 Å². The summed E-state index contributed by atoms with van der Waals surface area (Å²) >= 11 is 0. The van der Waals surface area contributed by atoms with Crippen molar-refractivity contribution >= 4 is 23.2 Å². The molecular formula is C19H15F2N3O2. The molecule has 0 bridgehead atoms. The highest BCUT2D eigenvalue weighted by molar-refractivity contribution is 6.01. The molecule has 1 aromatic carbocycles. The lowest BCUT2D eigenvalue weighted by Gasteiger charge is -2.08. The fourth-order valence-electron chi connectivity index (χ4n) is 2.99. The number of aromatic nitrogens is 2. The third-order valence-electron chi connectivity index (χ3n) is 4.43. The Morgan fingerprint density at radius 3 is 2.69 bits per heavy atom. The number of anilines is 1. The molecule has 0 spiro atoms. The van der Waals surface area contributed by atoms with Crippen LogP contribution in [0.4, 0.5) is 14.6 Å². The Kier molecular flexibility index (Phi) is 3.79. The molecule has 0 radical (unpaired) electrons. The van der Waals surface area contributed by atoms with E-state index in [0.29, 0.717) is 22.6 Å². The molecule has 3 aromatic rings. The van der Waals surface area contributed by atoms with Gasteiger partial charge in [0.25, 0.3) is 0 Å². The SMILES string of the molecule is CC(=O)c1c(F)cccc1-c1ccc2nc(NC(=O)[C@@H]3C[C@@H]3F)cn2c1. The molecule has 2 heterocycles. The third kappa shape index (κ3) is 2.85. The highest BCUT2D eigenvalue weighted by atomic mass is 19.1. The first-order chi connectivity index (χ1) is 12.4. The number of rotatable bonds is 4. The average molecular weight is 355 g/mol. The average Bonchev–Trinajstić information content (AvgIpc) is 3.19. The van der Waals surface area contributed by atoms with Gasteiger partial charge in [0.1, 0.15) is 17.6 Å². The van der Waals surface area contributed by atoms with Gasteiger partial charge in [-0.05, 0) is 42.7 Å². The summed E-state index contributed by atoms with van der Waals surface area (Å²) in [5.74, 6) is -1.59. The summed E-state index contributed by atoms with van der Waals surface area (Å²) in [6.07, 6.45) is 2.47. The van der Waals surface area contributed by atoms with Gasteiger partial charge in [0, 0.05) is 6.20 Å². The van der Waals surface area contributed by atoms with E-state index >= 15 is 0 Å². The second-order valence-electron chi connectivity index (χ2n) is 6.38. The lowest BCUT2D eigenvalue weighted by atomic mass is 9.98. The van der Waals surface area contributed by atoms with E-state index in [-0.39, 0.29) is 23.7 Å². The van der Waals surface area contributed by atoms with Gasteiger partial charge in [0.2, 0.25) is 5.91 Å². The quantitative estimate of drug-likeness (QED) is 0.727. The minimum absolute atomic E-state index is 0.0308. The molecule has 26 heavy (non-hydrogen) atoms. The third-order valence-corrected chi connectivity index (χ3v) is 4.43. The minimum Gasteiger partial charge on any atom is -0.309 e. The van der Waals surface area contributed by atoms with E-state index in [4.69, 9.17) is 0 Å². The maximum atomic E-state index is 14.0. The van der Waals surface area contributed by atoms with Crippen molar-refractivity contribution in [2.45, 2.75) is 19.5 Å². The van der Waals surface area contributed by atoms with Crippen LogP contribution in [0, 0.1) is 11.7 Å². The number of carbonyl (C=O) groups is 2. The van der Waals surface area contributed by atoms with Gasteiger partial charge in [-0.2, -0.15) is 0 Å². The first-order valence-corrected chi connectivity index (χ1v) is 8.17. The fraction of sp³-hybridized carbons (Fsp3) is 0.211. The number of nitrogens with zero attached hydrogens (tertiary/aromatic N) is 2. The lowest BCUT2D eigenvalue weighted by Crippen LogP contribution is -2.15. The number of Topliss-reactive ketones (excluding diaryl/α,β-unsaturated/α-hetero) is 1. The van der Waals surface area contributed by atoms with E-state index in [1.807, 2.05) is 0 Å². The van der Waals surface area contributed by atoms with E-state index in [0.717, 1.165) is 0 Å². The second-order valence-corrected chi connectivity index (χ2v) is 6.38. The van der Waals surface area contributed by atoms with Gasteiger partial charge in [-0.3, -0.25) is 9.59 Å². The first-order valence-electron chi connectivity index (χ1n) is 8.17. The first kappa shape index (κ1) is 16.4. The number of amides is 1. The zero-order valence-electron chi connectivity index (χ0n) is 13.9. The molecule has 5 nitrogen and oxygen atoms in total. The van der Waals surface area contributed by atoms with Gasteiger partial charge < -0.3 is 9.72 Å². The molecule has 1 N–H and O–H groups in total.